The third-order valence-corrected chi connectivity index (χ3v) is 2.80. The van der Waals surface area contributed by atoms with E-state index >= 15 is 0 Å². The Bertz CT molecular complexity index is 837. The maximum Gasteiger partial charge on any atom is 0.295 e. The predicted molar refractivity (Wildman–Crippen MR) is 74.9 cm³/mol. The summed E-state index contributed by atoms with van der Waals surface area (Å²) in [6.45, 7) is 0. The van der Waals surface area contributed by atoms with Crippen molar-refractivity contribution in [1.82, 2.24) is 15.0 Å². The molecule has 0 saturated heterocycles. The van der Waals surface area contributed by atoms with Gasteiger partial charge in [0.25, 0.3) is 11.6 Å². The minimum atomic E-state index is -0.490. The number of hydrogen-bond acceptors (Lipinski definition) is 7. The van der Waals surface area contributed by atoms with Crippen molar-refractivity contribution in [3.8, 4) is 11.6 Å². The summed E-state index contributed by atoms with van der Waals surface area (Å²) in [5.41, 5.74) is 5.81. The van der Waals surface area contributed by atoms with E-state index in [1.807, 2.05) is 0 Å². The van der Waals surface area contributed by atoms with Gasteiger partial charge in [0.15, 0.2) is 11.3 Å². The minimum Gasteiger partial charge on any atom is -0.435 e. The first-order chi connectivity index (χ1) is 10.2. The molecule has 2 N–H and O–H groups in total. The highest BCUT2D eigenvalue weighted by atomic mass is 16.6. The van der Waals surface area contributed by atoms with Gasteiger partial charge in [-0.05, 0) is 18.2 Å². The number of rotatable bonds is 3. The van der Waals surface area contributed by atoms with Gasteiger partial charge >= 0.3 is 0 Å². The molecule has 0 unspecified atom stereocenters. The fraction of sp³-hybridized carbons (Fsp3) is 0. The van der Waals surface area contributed by atoms with Crippen LogP contribution in [0.3, 0.4) is 0 Å². The molecule has 3 aromatic rings. The van der Waals surface area contributed by atoms with Crippen molar-refractivity contribution in [3.63, 3.8) is 0 Å². The van der Waals surface area contributed by atoms with E-state index < -0.39 is 4.92 Å². The largest absolute Gasteiger partial charge is 0.435 e. The minimum absolute atomic E-state index is 0.0925. The van der Waals surface area contributed by atoms with Crippen LogP contribution in [-0.2, 0) is 0 Å². The van der Waals surface area contributed by atoms with Crippen molar-refractivity contribution >= 4 is 22.4 Å². The Hall–Kier alpha value is -3.29. The van der Waals surface area contributed by atoms with Crippen LogP contribution in [0.1, 0.15) is 0 Å². The van der Waals surface area contributed by atoms with Crippen LogP contribution in [-0.4, -0.2) is 19.9 Å². The van der Waals surface area contributed by atoms with Crippen molar-refractivity contribution in [2.75, 3.05) is 5.73 Å². The summed E-state index contributed by atoms with van der Waals surface area (Å²) in [6, 6.07) is 6.16. The highest BCUT2D eigenvalue weighted by molar-refractivity contribution is 5.92. The third-order valence-electron chi connectivity index (χ3n) is 2.80. The lowest BCUT2D eigenvalue weighted by Gasteiger charge is -2.08. The Kier molecular flexibility index (Phi) is 3.03. The number of aromatic nitrogens is 3. The van der Waals surface area contributed by atoms with Crippen LogP contribution < -0.4 is 10.5 Å². The number of benzene rings is 1. The lowest BCUT2D eigenvalue weighted by Crippen LogP contribution is -1.98. The zero-order chi connectivity index (χ0) is 14.8. The molecule has 0 aliphatic rings. The summed E-state index contributed by atoms with van der Waals surface area (Å²) < 4.78 is 5.60. The summed E-state index contributed by atoms with van der Waals surface area (Å²) in [5.74, 6) is 0.639. The zero-order valence-corrected chi connectivity index (χ0v) is 10.6. The number of ether oxygens (including phenoxy) is 1. The summed E-state index contributed by atoms with van der Waals surface area (Å²) in [7, 11) is 0. The van der Waals surface area contributed by atoms with E-state index in [9.17, 15) is 10.1 Å². The number of hydrogen-bond donors (Lipinski definition) is 1. The van der Waals surface area contributed by atoms with Crippen LogP contribution in [0.15, 0.2) is 42.9 Å². The van der Waals surface area contributed by atoms with Crippen molar-refractivity contribution in [3.05, 3.63) is 53.0 Å². The molecule has 0 spiro atoms. The fourth-order valence-electron chi connectivity index (χ4n) is 1.89. The molecule has 21 heavy (non-hydrogen) atoms. The molecule has 0 fully saturated rings. The molecule has 8 nitrogen and oxygen atoms in total. The van der Waals surface area contributed by atoms with Crippen LogP contribution in [0.25, 0.3) is 10.9 Å². The molecule has 8 heteroatoms. The van der Waals surface area contributed by atoms with Gasteiger partial charge in [-0.1, -0.05) is 0 Å². The van der Waals surface area contributed by atoms with Crippen LogP contribution in [0.4, 0.5) is 11.5 Å². The van der Waals surface area contributed by atoms with Gasteiger partial charge < -0.3 is 10.5 Å². The molecule has 3 rings (SSSR count). The van der Waals surface area contributed by atoms with E-state index in [1.54, 1.807) is 12.1 Å². The van der Waals surface area contributed by atoms with Crippen molar-refractivity contribution in [2.24, 2.45) is 0 Å². The number of nitro groups is 1. The SMILES string of the molecule is Nc1nccnc1Oc1ccc([N+](=O)[O-])c2ncccc12. The second kappa shape index (κ2) is 5.00. The van der Waals surface area contributed by atoms with Crippen LogP contribution >= 0.6 is 0 Å². The Morgan fingerprint density at radius 3 is 2.67 bits per heavy atom. The first kappa shape index (κ1) is 12.7. The number of nitrogens with two attached hydrogens (primary N) is 1. The average molecular weight is 283 g/mol. The molecule has 0 radical (unpaired) electrons. The molecule has 2 aromatic heterocycles. The molecule has 0 aliphatic heterocycles. The summed E-state index contributed by atoms with van der Waals surface area (Å²) in [6.07, 6.45) is 4.37. The first-order valence-electron chi connectivity index (χ1n) is 5.93. The number of non-ortho nitro benzene ring substituents is 1. The smallest absolute Gasteiger partial charge is 0.295 e. The molecule has 2 heterocycles. The van der Waals surface area contributed by atoms with Gasteiger partial charge in [-0.3, -0.25) is 10.1 Å². The third kappa shape index (κ3) is 2.29. The Morgan fingerprint density at radius 2 is 1.90 bits per heavy atom. The predicted octanol–water partition coefficient (Wildman–Crippen LogP) is 2.31. The van der Waals surface area contributed by atoms with Crippen LogP contribution in [0, 0.1) is 10.1 Å². The first-order valence-corrected chi connectivity index (χ1v) is 5.93. The maximum absolute atomic E-state index is 11.0. The number of nitrogens with zero attached hydrogens (tertiary/aromatic N) is 4. The molecule has 104 valence electrons. The van der Waals surface area contributed by atoms with Gasteiger partial charge in [-0.2, -0.15) is 0 Å². The number of anilines is 1. The van der Waals surface area contributed by atoms with Gasteiger partial charge in [0.2, 0.25) is 0 Å². The highest BCUT2D eigenvalue weighted by Gasteiger charge is 2.17. The molecule has 0 bridgehead atoms. The Labute approximate surface area is 118 Å². The molecule has 0 saturated carbocycles. The quantitative estimate of drug-likeness (QED) is 0.578. The monoisotopic (exact) mass is 283 g/mol. The highest BCUT2D eigenvalue weighted by Crippen LogP contribution is 2.34. The van der Waals surface area contributed by atoms with Crippen molar-refractivity contribution in [1.29, 1.82) is 0 Å². The topological polar surface area (TPSA) is 117 Å². The number of nitrogen functional groups attached to an aromatic ring is 1. The second-order valence-corrected chi connectivity index (χ2v) is 4.09. The fourth-order valence-corrected chi connectivity index (χ4v) is 1.89. The average Bonchev–Trinajstić information content (AvgIpc) is 2.49. The number of fused-ring (bicyclic) bond motifs is 1. The van der Waals surface area contributed by atoms with Crippen LogP contribution in [0.2, 0.25) is 0 Å². The number of pyridine rings is 1. The van der Waals surface area contributed by atoms with E-state index in [1.165, 1.54) is 30.7 Å². The molecular formula is C13H9N5O3. The Morgan fingerprint density at radius 1 is 1.10 bits per heavy atom. The van der Waals surface area contributed by atoms with E-state index in [0.29, 0.717) is 11.1 Å². The standard InChI is InChI=1S/C13H9N5O3/c14-12-13(17-7-6-16-12)21-10-4-3-9(18(19)20)11-8(10)2-1-5-15-11/h1-7H,(H2,14,16). The van der Waals surface area contributed by atoms with E-state index in [4.69, 9.17) is 10.5 Å². The van der Waals surface area contributed by atoms with E-state index in [-0.39, 0.29) is 22.9 Å². The van der Waals surface area contributed by atoms with Crippen molar-refractivity contribution < 1.29 is 9.66 Å². The zero-order valence-electron chi connectivity index (χ0n) is 10.6. The number of nitro benzene ring substituents is 1. The van der Waals surface area contributed by atoms with Crippen molar-refractivity contribution in [2.45, 2.75) is 0 Å². The molecule has 0 atom stereocenters. The molecule has 0 amide bonds. The van der Waals surface area contributed by atoms with E-state index in [2.05, 4.69) is 15.0 Å². The summed E-state index contributed by atoms with van der Waals surface area (Å²) >= 11 is 0. The van der Waals surface area contributed by atoms with Gasteiger partial charge in [-0.25, -0.2) is 15.0 Å². The van der Waals surface area contributed by atoms with Gasteiger partial charge in [0.05, 0.1) is 10.3 Å². The molecule has 1 aromatic carbocycles. The van der Waals surface area contributed by atoms with Gasteiger partial charge in [0, 0.05) is 24.7 Å². The van der Waals surface area contributed by atoms with E-state index in [0.717, 1.165) is 0 Å². The van der Waals surface area contributed by atoms with Gasteiger partial charge in [-0.15, -0.1) is 0 Å². The summed E-state index contributed by atoms with van der Waals surface area (Å²) in [5, 5.41) is 11.5. The lowest BCUT2D eigenvalue weighted by atomic mass is 10.1. The lowest BCUT2D eigenvalue weighted by molar-refractivity contribution is -0.383. The maximum atomic E-state index is 11.0. The molecular weight excluding hydrogens is 274 g/mol. The van der Waals surface area contributed by atoms with Gasteiger partial charge in [0.1, 0.15) is 5.75 Å². The molecule has 0 aliphatic carbocycles. The normalized spacial score (nSPS) is 10.5. The van der Waals surface area contributed by atoms with Crippen LogP contribution in [0.5, 0.6) is 11.6 Å². The second-order valence-electron chi connectivity index (χ2n) is 4.09. The Balaban J connectivity index is 2.14. The summed E-state index contributed by atoms with van der Waals surface area (Å²) in [4.78, 5) is 22.4.